The van der Waals surface area contributed by atoms with Gasteiger partial charge in [-0.05, 0) is 47.7 Å². The van der Waals surface area contributed by atoms with Crippen molar-refractivity contribution in [2.75, 3.05) is 51.3 Å². The summed E-state index contributed by atoms with van der Waals surface area (Å²) >= 11 is 6.96. The third kappa shape index (κ3) is 6.17. The summed E-state index contributed by atoms with van der Waals surface area (Å²) in [5.74, 6) is -1.82. The van der Waals surface area contributed by atoms with Crippen molar-refractivity contribution in [3.05, 3.63) is 58.0 Å². The van der Waals surface area contributed by atoms with E-state index in [-0.39, 0.29) is 33.9 Å². The summed E-state index contributed by atoms with van der Waals surface area (Å²) in [5.41, 5.74) is 1.53. The summed E-state index contributed by atoms with van der Waals surface area (Å²) in [4.78, 5) is 54.1. The van der Waals surface area contributed by atoms with Crippen LogP contribution in [0, 0.1) is 0 Å². The van der Waals surface area contributed by atoms with E-state index in [0.717, 1.165) is 22.3 Å². The Bertz CT molecular complexity index is 1250. The number of amides is 3. The molecule has 4 rings (SSSR count). The highest BCUT2D eigenvalue weighted by Crippen LogP contribution is 2.39. The highest BCUT2D eigenvalue weighted by molar-refractivity contribution is 8.18. The van der Waals surface area contributed by atoms with Crippen LogP contribution in [0.3, 0.4) is 0 Å². The lowest BCUT2D eigenvalue weighted by molar-refractivity contribution is -0.139. The van der Waals surface area contributed by atoms with E-state index in [1.807, 2.05) is 30.3 Å². The minimum absolute atomic E-state index is 0.0507. The number of halogens is 1. The number of carboxylic acids is 1. The summed E-state index contributed by atoms with van der Waals surface area (Å²) in [6.45, 7) is 1.37. The first-order valence-electron chi connectivity index (χ1n) is 11.3. The van der Waals surface area contributed by atoms with Crippen LogP contribution in [0.1, 0.15) is 5.56 Å². The van der Waals surface area contributed by atoms with E-state index >= 15 is 0 Å². The van der Waals surface area contributed by atoms with E-state index in [4.69, 9.17) is 26.2 Å². The number of piperazine rings is 1. The number of benzene rings is 2. The standard InChI is InChI=1S/C25H24ClN3O7S/c1-35-19-12-16(11-18(26)23(19)36-15-22(31)32)13-20-24(33)29(25(34)37-20)14-21(30)28-9-7-27(8-10-28)17-5-3-2-4-6-17/h2-6,11-13H,7-10,14-15H2,1H3,(H,31,32)/b20-13+. The second-order valence-corrected chi connectivity index (χ2v) is 9.59. The average Bonchev–Trinajstić information content (AvgIpc) is 3.15. The minimum Gasteiger partial charge on any atom is -0.493 e. The van der Waals surface area contributed by atoms with Crippen molar-refractivity contribution in [2.45, 2.75) is 0 Å². The predicted octanol–water partition coefficient (Wildman–Crippen LogP) is 3.20. The zero-order valence-corrected chi connectivity index (χ0v) is 21.5. The van der Waals surface area contributed by atoms with Gasteiger partial charge in [-0.1, -0.05) is 29.8 Å². The number of nitrogens with zero attached hydrogens (tertiary/aromatic N) is 3. The van der Waals surface area contributed by atoms with Crippen molar-refractivity contribution in [3.8, 4) is 11.5 Å². The SMILES string of the molecule is COc1cc(/C=C2/SC(=O)N(CC(=O)N3CCN(c4ccccc4)CC3)C2=O)cc(Cl)c1OCC(=O)O. The molecule has 0 unspecified atom stereocenters. The lowest BCUT2D eigenvalue weighted by Gasteiger charge is -2.36. The van der Waals surface area contributed by atoms with Crippen LogP contribution in [0.4, 0.5) is 10.5 Å². The molecular formula is C25H24ClN3O7S. The number of anilines is 1. The van der Waals surface area contributed by atoms with Gasteiger partial charge in [-0.25, -0.2) is 4.79 Å². The van der Waals surface area contributed by atoms with Gasteiger partial charge in [0.25, 0.3) is 11.1 Å². The van der Waals surface area contributed by atoms with Gasteiger partial charge in [-0.15, -0.1) is 0 Å². The van der Waals surface area contributed by atoms with Crippen molar-refractivity contribution >= 4 is 58.1 Å². The maximum absolute atomic E-state index is 12.9. The normalized spacial score (nSPS) is 16.9. The Hall–Kier alpha value is -3.70. The van der Waals surface area contributed by atoms with Crippen LogP contribution in [0.25, 0.3) is 6.08 Å². The molecular weight excluding hydrogens is 522 g/mol. The molecule has 0 aromatic heterocycles. The molecule has 0 spiro atoms. The molecule has 194 valence electrons. The zero-order valence-electron chi connectivity index (χ0n) is 19.9. The Labute approximate surface area is 222 Å². The number of aliphatic carboxylic acids is 1. The van der Waals surface area contributed by atoms with E-state index in [1.165, 1.54) is 25.3 Å². The van der Waals surface area contributed by atoms with Gasteiger partial charge in [0.2, 0.25) is 5.91 Å². The highest BCUT2D eigenvalue weighted by atomic mass is 35.5. The third-order valence-corrected chi connectivity index (χ3v) is 7.00. The molecule has 0 bridgehead atoms. The van der Waals surface area contributed by atoms with Crippen molar-refractivity contribution in [3.63, 3.8) is 0 Å². The van der Waals surface area contributed by atoms with Gasteiger partial charge in [0, 0.05) is 31.9 Å². The number of para-hydroxylation sites is 1. The van der Waals surface area contributed by atoms with Gasteiger partial charge < -0.3 is 24.4 Å². The molecule has 2 aliphatic rings. The Morgan fingerprint density at radius 3 is 2.46 bits per heavy atom. The van der Waals surface area contributed by atoms with Crippen molar-refractivity contribution < 1.29 is 33.8 Å². The molecule has 37 heavy (non-hydrogen) atoms. The first kappa shape index (κ1) is 26.4. The largest absolute Gasteiger partial charge is 0.493 e. The van der Waals surface area contributed by atoms with E-state index in [0.29, 0.717) is 31.7 Å². The van der Waals surface area contributed by atoms with Crippen LogP contribution in [0.5, 0.6) is 11.5 Å². The molecule has 3 amide bonds. The Kier molecular flexibility index (Phi) is 8.24. The summed E-state index contributed by atoms with van der Waals surface area (Å²) in [6, 6.07) is 12.9. The molecule has 1 N–H and O–H groups in total. The third-order valence-electron chi connectivity index (χ3n) is 5.81. The monoisotopic (exact) mass is 545 g/mol. The first-order valence-corrected chi connectivity index (χ1v) is 12.5. The fraction of sp³-hybridized carbons (Fsp3) is 0.280. The van der Waals surface area contributed by atoms with E-state index in [1.54, 1.807) is 4.90 Å². The van der Waals surface area contributed by atoms with Crippen LogP contribution in [0.2, 0.25) is 5.02 Å². The molecule has 0 radical (unpaired) electrons. The second kappa shape index (κ2) is 11.6. The van der Waals surface area contributed by atoms with Gasteiger partial charge in [-0.2, -0.15) is 0 Å². The molecule has 12 heteroatoms. The number of hydrogen-bond acceptors (Lipinski definition) is 8. The lowest BCUT2D eigenvalue weighted by atomic mass is 10.1. The number of thioether (sulfide) groups is 1. The number of carboxylic acid groups (broad SMARTS) is 1. The summed E-state index contributed by atoms with van der Waals surface area (Å²) in [7, 11) is 1.36. The van der Waals surface area contributed by atoms with Gasteiger partial charge in [0.05, 0.1) is 17.0 Å². The maximum atomic E-state index is 12.9. The predicted molar refractivity (Wildman–Crippen MR) is 139 cm³/mol. The number of hydrogen-bond donors (Lipinski definition) is 1. The van der Waals surface area contributed by atoms with Crippen molar-refractivity contribution in [1.82, 2.24) is 9.80 Å². The van der Waals surface area contributed by atoms with Gasteiger partial charge in [-0.3, -0.25) is 19.3 Å². The Morgan fingerprint density at radius 1 is 1.11 bits per heavy atom. The summed E-state index contributed by atoms with van der Waals surface area (Å²) in [5, 5.41) is 8.38. The molecule has 2 aromatic carbocycles. The molecule has 2 aromatic rings. The minimum atomic E-state index is -1.18. The fourth-order valence-electron chi connectivity index (χ4n) is 3.97. The van der Waals surface area contributed by atoms with Gasteiger partial charge in [0.15, 0.2) is 18.1 Å². The second-order valence-electron chi connectivity index (χ2n) is 8.19. The molecule has 2 heterocycles. The number of carbonyl (C=O) groups excluding carboxylic acids is 3. The van der Waals surface area contributed by atoms with Gasteiger partial charge >= 0.3 is 5.97 Å². The van der Waals surface area contributed by atoms with E-state index in [9.17, 15) is 19.2 Å². The Morgan fingerprint density at radius 2 is 1.81 bits per heavy atom. The quantitative estimate of drug-likeness (QED) is 0.499. The van der Waals surface area contributed by atoms with Crippen LogP contribution >= 0.6 is 23.4 Å². The first-order chi connectivity index (χ1) is 17.8. The number of ether oxygens (including phenoxy) is 2. The number of carbonyl (C=O) groups is 4. The molecule has 2 aliphatic heterocycles. The van der Waals surface area contributed by atoms with Crippen LogP contribution in [0.15, 0.2) is 47.4 Å². The van der Waals surface area contributed by atoms with Crippen LogP contribution in [-0.2, 0) is 14.4 Å². The van der Waals surface area contributed by atoms with Crippen LogP contribution < -0.4 is 14.4 Å². The summed E-state index contributed by atoms with van der Waals surface area (Å²) in [6.07, 6.45) is 1.46. The number of rotatable bonds is 8. The van der Waals surface area contributed by atoms with Gasteiger partial charge in [0.1, 0.15) is 6.54 Å². The lowest BCUT2D eigenvalue weighted by Crippen LogP contribution is -2.51. The molecule has 10 nitrogen and oxygen atoms in total. The average molecular weight is 546 g/mol. The molecule has 0 atom stereocenters. The van der Waals surface area contributed by atoms with E-state index in [2.05, 4.69) is 4.90 Å². The summed E-state index contributed by atoms with van der Waals surface area (Å²) < 4.78 is 10.4. The molecule has 0 saturated carbocycles. The zero-order chi connectivity index (χ0) is 26.5. The number of methoxy groups -OCH3 is 1. The maximum Gasteiger partial charge on any atom is 0.341 e. The van der Waals surface area contributed by atoms with Crippen molar-refractivity contribution in [1.29, 1.82) is 0 Å². The van der Waals surface area contributed by atoms with E-state index < -0.39 is 23.7 Å². The molecule has 2 fully saturated rings. The Balaban J connectivity index is 1.40. The number of imide groups is 1. The molecule has 2 saturated heterocycles. The fourth-order valence-corrected chi connectivity index (χ4v) is 5.08. The smallest absolute Gasteiger partial charge is 0.341 e. The van der Waals surface area contributed by atoms with Crippen molar-refractivity contribution in [2.24, 2.45) is 0 Å². The molecule has 0 aliphatic carbocycles. The topological polar surface area (TPSA) is 117 Å². The highest BCUT2D eigenvalue weighted by Gasteiger charge is 2.37. The van der Waals surface area contributed by atoms with Crippen LogP contribution in [-0.4, -0.2) is 84.4 Å².